The number of nitrogens with zero attached hydrogens (tertiary/aromatic N) is 2. The average molecular weight is 345 g/mol. The van der Waals surface area contributed by atoms with Gasteiger partial charge >= 0.3 is 6.09 Å². The van der Waals surface area contributed by atoms with Crippen molar-refractivity contribution in [3.8, 4) is 0 Å². The molecular formula is C17H32N2O3S. The second-order valence-corrected chi connectivity index (χ2v) is 10.8. The Morgan fingerprint density at radius 1 is 1.30 bits per heavy atom. The molecule has 0 N–H and O–H groups in total. The van der Waals surface area contributed by atoms with Gasteiger partial charge in [0.1, 0.15) is 16.6 Å². The number of hydrogen-bond donors (Lipinski definition) is 0. The molecule has 1 heterocycles. The molecule has 0 aromatic carbocycles. The predicted molar refractivity (Wildman–Crippen MR) is 96.1 cm³/mol. The van der Waals surface area contributed by atoms with E-state index >= 15 is 0 Å². The first kappa shape index (κ1) is 20.1. The Morgan fingerprint density at radius 3 is 2.35 bits per heavy atom. The third-order valence-electron chi connectivity index (χ3n) is 3.71. The molecule has 1 aliphatic rings. The van der Waals surface area contributed by atoms with Gasteiger partial charge in [0, 0.05) is 18.3 Å². The van der Waals surface area contributed by atoms with Gasteiger partial charge in [0.25, 0.3) is 0 Å². The highest BCUT2D eigenvalue weighted by Gasteiger charge is 2.42. The molecular weight excluding hydrogens is 312 g/mol. The lowest BCUT2D eigenvalue weighted by molar-refractivity contribution is 0.0131. The van der Waals surface area contributed by atoms with Crippen LogP contribution in [0, 0.1) is 5.92 Å². The molecule has 1 rings (SSSR count). The van der Waals surface area contributed by atoms with Crippen LogP contribution in [0.1, 0.15) is 68.2 Å². The maximum Gasteiger partial charge on any atom is 0.410 e. The monoisotopic (exact) mass is 344 g/mol. The Morgan fingerprint density at radius 2 is 1.87 bits per heavy atom. The molecule has 0 radical (unpaired) electrons. The van der Waals surface area contributed by atoms with Crippen LogP contribution in [-0.2, 0) is 15.7 Å². The number of amides is 1. The van der Waals surface area contributed by atoms with E-state index in [1.54, 1.807) is 11.1 Å². The zero-order valence-electron chi connectivity index (χ0n) is 15.8. The number of carbonyl (C=O) groups is 1. The molecule has 23 heavy (non-hydrogen) atoms. The van der Waals surface area contributed by atoms with E-state index in [2.05, 4.69) is 18.2 Å². The summed E-state index contributed by atoms with van der Waals surface area (Å²) in [7, 11) is -1.22. The number of likely N-dealkylation sites (tertiary alicyclic amines) is 1. The maximum atomic E-state index is 12.4. The van der Waals surface area contributed by atoms with E-state index in [9.17, 15) is 9.00 Å². The molecule has 1 amide bonds. The number of hydrogen-bond acceptors (Lipinski definition) is 3. The van der Waals surface area contributed by atoms with Crippen molar-refractivity contribution >= 4 is 23.3 Å². The van der Waals surface area contributed by atoms with Crippen molar-refractivity contribution in [3.05, 3.63) is 0 Å². The van der Waals surface area contributed by atoms with E-state index in [1.165, 1.54) is 0 Å². The predicted octanol–water partition coefficient (Wildman–Crippen LogP) is 3.95. The molecule has 0 aliphatic carbocycles. The lowest BCUT2D eigenvalue weighted by atomic mass is 9.95. The first-order valence-electron chi connectivity index (χ1n) is 8.17. The van der Waals surface area contributed by atoms with Crippen molar-refractivity contribution in [2.24, 2.45) is 10.3 Å². The molecule has 1 saturated heterocycles. The summed E-state index contributed by atoms with van der Waals surface area (Å²) in [5, 5.41) is 0. The van der Waals surface area contributed by atoms with E-state index in [0.717, 1.165) is 12.8 Å². The molecule has 0 aromatic heterocycles. The fraction of sp³-hybridized carbons (Fsp3) is 0.882. The summed E-state index contributed by atoms with van der Waals surface area (Å²) in [5.41, 5.74) is -0.722. The van der Waals surface area contributed by atoms with Crippen LogP contribution in [-0.4, -0.2) is 43.8 Å². The summed E-state index contributed by atoms with van der Waals surface area (Å²) in [6.45, 7) is 16.1. The molecule has 134 valence electrons. The van der Waals surface area contributed by atoms with Gasteiger partial charge in [-0.05, 0) is 74.1 Å². The Hall–Kier alpha value is -0.910. The summed E-state index contributed by atoms with van der Waals surface area (Å²) < 4.78 is 21.2. The molecule has 0 aromatic rings. The third kappa shape index (κ3) is 6.24. The van der Waals surface area contributed by atoms with E-state index < -0.39 is 16.6 Å². The fourth-order valence-electron chi connectivity index (χ4n) is 2.60. The number of ether oxygens (including phenoxy) is 1. The summed E-state index contributed by atoms with van der Waals surface area (Å²) in [4.78, 5) is 14.2. The smallest absolute Gasteiger partial charge is 0.410 e. The standard InChI is InChI=1S/C17H32N2O3S/c1-15(2,3)22-14(20)19-12-13(11-17(19,7)8)9-10-18-23(21)16(4,5)6/h10,13H,9,11-12H2,1-8H3/t13-,23?/m0/s1. The van der Waals surface area contributed by atoms with Gasteiger partial charge in [0.15, 0.2) is 0 Å². The highest BCUT2D eigenvalue weighted by Crippen LogP contribution is 2.35. The van der Waals surface area contributed by atoms with Gasteiger partial charge in [-0.25, -0.2) is 9.00 Å². The minimum Gasteiger partial charge on any atom is -0.444 e. The quantitative estimate of drug-likeness (QED) is 0.729. The molecule has 5 nitrogen and oxygen atoms in total. The largest absolute Gasteiger partial charge is 0.444 e. The van der Waals surface area contributed by atoms with E-state index in [-0.39, 0.29) is 16.4 Å². The fourth-order valence-corrected chi connectivity index (χ4v) is 3.14. The number of rotatable bonds is 3. The van der Waals surface area contributed by atoms with Crippen molar-refractivity contribution in [2.75, 3.05) is 6.54 Å². The van der Waals surface area contributed by atoms with Crippen LogP contribution in [0.25, 0.3) is 0 Å². The van der Waals surface area contributed by atoms with Crippen LogP contribution in [0.2, 0.25) is 0 Å². The van der Waals surface area contributed by atoms with Crippen LogP contribution in [0.15, 0.2) is 4.40 Å². The van der Waals surface area contributed by atoms with Crippen molar-refractivity contribution in [2.45, 2.75) is 84.1 Å². The van der Waals surface area contributed by atoms with Crippen molar-refractivity contribution in [1.29, 1.82) is 0 Å². The molecule has 6 heteroatoms. The first-order chi connectivity index (χ1) is 10.2. The zero-order chi connectivity index (χ0) is 18.1. The lowest BCUT2D eigenvalue weighted by Crippen LogP contribution is -2.45. The highest BCUT2D eigenvalue weighted by atomic mass is 32.2. The van der Waals surface area contributed by atoms with Gasteiger partial charge in [-0.1, -0.05) is 0 Å². The summed E-state index contributed by atoms with van der Waals surface area (Å²) in [6.07, 6.45) is 3.10. The van der Waals surface area contributed by atoms with Crippen LogP contribution >= 0.6 is 0 Å². The molecule has 0 bridgehead atoms. The highest BCUT2D eigenvalue weighted by molar-refractivity contribution is 7.85. The normalized spacial score (nSPS) is 23.3. The SMILES string of the molecule is CC(C)(C)OC(=O)N1C[C@@H](CC=NS(=O)C(C)(C)C)CC1(C)C. The third-order valence-corrected chi connectivity index (χ3v) is 5.09. The Kier molecular flexibility index (Phi) is 6.05. The van der Waals surface area contributed by atoms with Gasteiger partial charge in [-0.3, -0.25) is 0 Å². The van der Waals surface area contributed by atoms with Gasteiger partial charge in [-0.15, -0.1) is 0 Å². The van der Waals surface area contributed by atoms with Gasteiger partial charge in [0.05, 0.1) is 4.75 Å². The minimum absolute atomic E-state index is 0.232. The van der Waals surface area contributed by atoms with Crippen molar-refractivity contribution < 1.29 is 13.7 Å². The molecule has 2 atom stereocenters. The van der Waals surface area contributed by atoms with E-state index in [1.807, 2.05) is 41.5 Å². The first-order valence-corrected chi connectivity index (χ1v) is 9.28. The molecule has 1 unspecified atom stereocenters. The van der Waals surface area contributed by atoms with E-state index in [4.69, 9.17) is 4.74 Å². The summed E-state index contributed by atoms with van der Waals surface area (Å²) in [6, 6.07) is 0. The topological polar surface area (TPSA) is 59.0 Å². The Bertz CT molecular complexity index is 487. The van der Waals surface area contributed by atoms with Crippen molar-refractivity contribution in [3.63, 3.8) is 0 Å². The molecule has 0 saturated carbocycles. The van der Waals surface area contributed by atoms with Gasteiger partial charge in [-0.2, -0.15) is 4.40 Å². The number of carbonyl (C=O) groups excluding carboxylic acids is 1. The summed E-state index contributed by atoms with van der Waals surface area (Å²) in [5.74, 6) is 0.318. The molecule has 1 fully saturated rings. The minimum atomic E-state index is -1.22. The van der Waals surface area contributed by atoms with Gasteiger partial charge < -0.3 is 9.64 Å². The van der Waals surface area contributed by atoms with Crippen LogP contribution < -0.4 is 0 Å². The van der Waals surface area contributed by atoms with Crippen LogP contribution in [0.5, 0.6) is 0 Å². The Labute approximate surface area is 143 Å². The van der Waals surface area contributed by atoms with Gasteiger partial charge in [0.2, 0.25) is 0 Å². The molecule has 1 aliphatic heterocycles. The Balaban J connectivity index is 2.65. The zero-order valence-corrected chi connectivity index (χ0v) is 16.6. The average Bonchev–Trinajstić information content (AvgIpc) is 2.60. The second-order valence-electron chi connectivity index (χ2n) is 8.86. The van der Waals surface area contributed by atoms with E-state index in [0.29, 0.717) is 12.5 Å². The molecule has 0 spiro atoms. The summed E-state index contributed by atoms with van der Waals surface area (Å²) >= 11 is 0. The lowest BCUT2D eigenvalue weighted by Gasteiger charge is -2.33. The van der Waals surface area contributed by atoms with Crippen LogP contribution in [0.4, 0.5) is 4.79 Å². The maximum absolute atomic E-state index is 12.4. The second kappa shape index (κ2) is 6.91. The van der Waals surface area contributed by atoms with Crippen LogP contribution in [0.3, 0.4) is 0 Å². The van der Waals surface area contributed by atoms with Crippen molar-refractivity contribution in [1.82, 2.24) is 4.90 Å².